The molecular formula is C30H35BrN4O2. The van der Waals surface area contributed by atoms with Crippen LogP contribution in [-0.2, 0) is 6.42 Å². The minimum Gasteiger partial charge on any atom is -0.321 e. The van der Waals surface area contributed by atoms with E-state index in [0.29, 0.717) is 16.8 Å². The first-order chi connectivity index (χ1) is 17.9. The number of unbranched alkanes of at least 4 members (excludes halogenated alkanes) is 1. The Hall–Kier alpha value is -3.29. The number of anilines is 1. The molecule has 0 spiro atoms. The number of nitrogens with one attached hydrogen (secondary N) is 2. The number of hydrogen-bond acceptors (Lipinski definition) is 4. The van der Waals surface area contributed by atoms with Gasteiger partial charge in [-0.25, -0.2) is 5.43 Å². The minimum absolute atomic E-state index is 0.271. The maximum atomic E-state index is 12.9. The van der Waals surface area contributed by atoms with E-state index >= 15 is 0 Å². The van der Waals surface area contributed by atoms with Crippen molar-refractivity contribution in [1.29, 1.82) is 0 Å². The van der Waals surface area contributed by atoms with Crippen molar-refractivity contribution < 1.29 is 9.59 Å². The zero-order valence-corrected chi connectivity index (χ0v) is 23.3. The first-order valence-electron chi connectivity index (χ1n) is 12.7. The van der Waals surface area contributed by atoms with Crippen LogP contribution in [0.4, 0.5) is 5.69 Å². The molecule has 0 aliphatic heterocycles. The summed E-state index contributed by atoms with van der Waals surface area (Å²) >= 11 is 3.40. The summed E-state index contributed by atoms with van der Waals surface area (Å²) in [7, 11) is 0. The van der Waals surface area contributed by atoms with Crippen molar-refractivity contribution in [1.82, 2.24) is 10.3 Å². The monoisotopic (exact) mass is 562 g/mol. The second-order valence-corrected chi connectivity index (χ2v) is 9.85. The molecule has 0 heterocycles. The fourth-order valence-electron chi connectivity index (χ4n) is 4.01. The molecule has 0 aliphatic rings. The van der Waals surface area contributed by atoms with Crippen LogP contribution in [0, 0.1) is 6.92 Å². The van der Waals surface area contributed by atoms with Crippen LogP contribution in [-0.4, -0.2) is 42.6 Å². The molecule has 0 fully saturated rings. The highest BCUT2D eigenvalue weighted by Gasteiger charge is 2.15. The molecule has 3 aromatic carbocycles. The normalized spacial score (nSPS) is 11.2. The molecule has 0 bridgehead atoms. The SMILES string of the molecule is CCN(CC)CCCCc1ccc(C(=O)Nc2ccc(Br)cc2C(=O)N/N=C/c2cccc(C)c2)cc1. The van der Waals surface area contributed by atoms with Crippen LogP contribution < -0.4 is 10.7 Å². The second kappa shape index (κ2) is 14.4. The molecule has 0 atom stereocenters. The molecule has 0 aliphatic carbocycles. The van der Waals surface area contributed by atoms with E-state index < -0.39 is 5.91 Å². The molecule has 0 saturated carbocycles. The van der Waals surface area contributed by atoms with Gasteiger partial charge in [0.2, 0.25) is 0 Å². The van der Waals surface area contributed by atoms with E-state index in [1.165, 1.54) is 5.56 Å². The molecule has 7 heteroatoms. The van der Waals surface area contributed by atoms with E-state index in [9.17, 15) is 9.59 Å². The summed E-state index contributed by atoms with van der Waals surface area (Å²) in [5.74, 6) is -0.687. The minimum atomic E-state index is -0.416. The summed E-state index contributed by atoms with van der Waals surface area (Å²) in [6, 6.07) is 20.6. The molecule has 194 valence electrons. The number of carbonyl (C=O) groups excluding carboxylic acids is 2. The van der Waals surface area contributed by atoms with Crippen LogP contribution >= 0.6 is 15.9 Å². The number of nitrogens with zero attached hydrogens (tertiary/aromatic N) is 2. The molecule has 2 amide bonds. The Morgan fingerprint density at radius 2 is 1.70 bits per heavy atom. The van der Waals surface area contributed by atoms with Gasteiger partial charge in [-0.15, -0.1) is 0 Å². The predicted molar refractivity (Wildman–Crippen MR) is 156 cm³/mol. The van der Waals surface area contributed by atoms with Gasteiger partial charge in [0.05, 0.1) is 17.5 Å². The fourth-order valence-corrected chi connectivity index (χ4v) is 4.37. The quantitative estimate of drug-likeness (QED) is 0.151. The lowest BCUT2D eigenvalue weighted by atomic mass is 10.1. The largest absolute Gasteiger partial charge is 0.321 e. The Morgan fingerprint density at radius 1 is 0.946 bits per heavy atom. The van der Waals surface area contributed by atoms with E-state index in [4.69, 9.17) is 0 Å². The van der Waals surface area contributed by atoms with Gasteiger partial charge >= 0.3 is 0 Å². The van der Waals surface area contributed by atoms with Gasteiger partial charge in [-0.2, -0.15) is 5.10 Å². The van der Waals surface area contributed by atoms with Crippen LogP contribution in [0.15, 0.2) is 76.3 Å². The van der Waals surface area contributed by atoms with Crippen molar-refractivity contribution in [3.05, 3.63) is 99.0 Å². The lowest BCUT2D eigenvalue weighted by Crippen LogP contribution is -2.23. The summed E-state index contributed by atoms with van der Waals surface area (Å²) in [6.45, 7) is 9.67. The van der Waals surface area contributed by atoms with E-state index in [2.05, 4.69) is 50.5 Å². The first-order valence-corrected chi connectivity index (χ1v) is 13.5. The van der Waals surface area contributed by atoms with Crippen molar-refractivity contribution in [3.8, 4) is 0 Å². The average molecular weight is 564 g/mol. The molecule has 6 nitrogen and oxygen atoms in total. The lowest BCUT2D eigenvalue weighted by molar-refractivity contribution is 0.0956. The number of benzene rings is 3. The van der Waals surface area contributed by atoms with Crippen LogP contribution in [0.1, 0.15) is 64.1 Å². The van der Waals surface area contributed by atoms with Gasteiger partial charge < -0.3 is 10.2 Å². The summed E-state index contributed by atoms with van der Waals surface area (Å²) < 4.78 is 0.726. The van der Waals surface area contributed by atoms with Crippen LogP contribution in [0.5, 0.6) is 0 Å². The van der Waals surface area contributed by atoms with Crippen molar-refractivity contribution in [3.63, 3.8) is 0 Å². The molecule has 3 aromatic rings. The van der Waals surface area contributed by atoms with Crippen molar-refractivity contribution in [2.75, 3.05) is 25.0 Å². The summed E-state index contributed by atoms with van der Waals surface area (Å²) in [4.78, 5) is 28.2. The van der Waals surface area contributed by atoms with Crippen molar-refractivity contribution in [2.45, 2.75) is 40.0 Å². The summed E-state index contributed by atoms with van der Waals surface area (Å²) in [5, 5.41) is 6.94. The van der Waals surface area contributed by atoms with Gasteiger partial charge in [-0.3, -0.25) is 9.59 Å². The zero-order valence-electron chi connectivity index (χ0n) is 21.8. The number of halogens is 1. The molecule has 3 rings (SSSR count). The summed E-state index contributed by atoms with van der Waals surface area (Å²) in [5.41, 5.74) is 7.02. The molecule has 0 saturated heterocycles. The Balaban J connectivity index is 1.60. The summed E-state index contributed by atoms with van der Waals surface area (Å²) in [6.07, 6.45) is 4.86. The number of carbonyl (C=O) groups is 2. The molecule has 37 heavy (non-hydrogen) atoms. The van der Waals surface area contributed by atoms with E-state index in [1.54, 1.807) is 24.4 Å². The van der Waals surface area contributed by atoms with Crippen molar-refractivity contribution >= 4 is 39.6 Å². The number of amides is 2. The maximum absolute atomic E-state index is 12.9. The smallest absolute Gasteiger partial charge is 0.273 e. The standard InChI is InChI=1S/C30H35BrN4O2/c1-4-35(5-2)18-7-6-10-23-12-14-25(15-13-23)29(36)33-28-17-16-26(31)20-27(28)30(37)34-32-21-24-11-8-9-22(3)19-24/h8-9,11-17,19-21H,4-7,10,18H2,1-3H3,(H,33,36)(H,34,37)/b32-21+. The maximum Gasteiger partial charge on any atom is 0.273 e. The van der Waals surface area contributed by atoms with Gasteiger partial charge in [0.1, 0.15) is 0 Å². The molecule has 0 radical (unpaired) electrons. The van der Waals surface area contributed by atoms with Crippen LogP contribution in [0.2, 0.25) is 0 Å². The van der Waals surface area contributed by atoms with Gasteiger partial charge in [0.25, 0.3) is 11.8 Å². The van der Waals surface area contributed by atoms with Crippen LogP contribution in [0.3, 0.4) is 0 Å². The lowest BCUT2D eigenvalue weighted by Gasteiger charge is -2.17. The van der Waals surface area contributed by atoms with Gasteiger partial charge in [-0.1, -0.05) is 71.7 Å². The Bertz CT molecular complexity index is 1220. The third-order valence-electron chi connectivity index (χ3n) is 6.20. The van der Waals surface area contributed by atoms with Crippen molar-refractivity contribution in [2.24, 2.45) is 5.10 Å². The van der Waals surface area contributed by atoms with Gasteiger partial charge in [0, 0.05) is 10.0 Å². The Labute approximate surface area is 228 Å². The average Bonchev–Trinajstić information content (AvgIpc) is 2.90. The highest BCUT2D eigenvalue weighted by atomic mass is 79.9. The topological polar surface area (TPSA) is 73.8 Å². The molecule has 0 unspecified atom stereocenters. The third-order valence-corrected chi connectivity index (χ3v) is 6.69. The highest BCUT2D eigenvalue weighted by Crippen LogP contribution is 2.22. The number of hydrazone groups is 1. The van der Waals surface area contributed by atoms with Crippen LogP contribution in [0.25, 0.3) is 0 Å². The molecule has 0 aromatic heterocycles. The van der Waals surface area contributed by atoms with Gasteiger partial charge in [0.15, 0.2) is 0 Å². The molecule has 2 N–H and O–H groups in total. The third kappa shape index (κ3) is 8.95. The van der Waals surface area contributed by atoms with E-state index in [-0.39, 0.29) is 5.91 Å². The first kappa shape index (κ1) is 28.3. The second-order valence-electron chi connectivity index (χ2n) is 8.94. The Morgan fingerprint density at radius 3 is 2.41 bits per heavy atom. The fraction of sp³-hybridized carbons (Fsp3) is 0.300. The van der Waals surface area contributed by atoms with Gasteiger partial charge in [-0.05, 0) is 87.3 Å². The molecular weight excluding hydrogens is 528 g/mol. The number of hydrogen-bond donors (Lipinski definition) is 2. The zero-order chi connectivity index (χ0) is 26.6. The Kier molecular flexibility index (Phi) is 11.0. The predicted octanol–water partition coefficient (Wildman–Crippen LogP) is 6.44. The highest BCUT2D eigenvalue weighted by molar-refractivity contribution is 9.10. The van der Waals surface area contributed by atoms with E-state index in [1.807, 2.05) is 55.5 Å². The number of rotatable bonds is 12. The van der Waals surface area contributed by atoms with E-state index in [0.717, 1.165) is 54.5 Å². The number of aryl methyl sites for hydroxylation is 2.